The summed E-state index contributed by atoms with van der Waals surface area (Å²) in [6.45, 7) is 5.45. The minimum Gasteiger partial charge on any atom is -0.376 e. The van der Waals surface area contributed by atoms with E-state index in [9.17, 15) is 4.79 Å². The molecular weight excluding hydrogens is 350 g/mol. The Balaban J connectivity index is 1.63. The van der Waals surface area contributed by atoms with Crippen LogP contribution in [0.5, 0.6) is 0 Å². The second-order valence-electron chi connectivity index (χ2n) is 7.42. The maximum absolute atomic E-state index is 12.9. The Morgan fingerprint density at radius 2 is 1.93 bits per heavy atom. The normalized spacial score (nSPS) is 16.3. The van der Waals surface area contributed by atoms with Crippen LogP contribution in [0.25, 0.3) is 10.9 Å². The van der Waals surface area contributed by atoms with Crippen LogP contribution in [0.4, 0.5) is 11.5 Å². The summed E-state index contributed by atoms with van der Waals surface area (Å²) < 4.78 is 5.61. The first-order valence-electron chi connectivity index (χ1n) is 9.73. The summed E-state index contributed by atoms with van der Waals surface area (Å²) in [5.41, 5.74) is 4.73. The molecule has 5 nitrogen and oxygen atoms in total. The molecule has 1 saturated heterocycles. The van der Waals surface area contributed by atoms with Gasteiger partial charge in [-0.25, -0.2) is 4.98 Å². The molecule has 1 fully saturated rings. The number of pyridine rings is 1. The Morgan fingerprint density at radius 3 is 2.68 bits per heavy atom. The van der Waals surface area contributed by atoms with E-state index in [1.807, 2.05) is 30.3 Å². The number of benzene rings is 2. The highest BCUT2D eigenvalue weighted by Crippen LogP contribution is 2.24. The number of rotatable bonds is 5. The van der Waals surface area contributed by atoms with E-state index in [0.717, 1.165) is 36.0 Å². The molecule has 144 valence electrons. The predicted octanol–water partition coefficient (Wildman–Crippen LogP) is 4.50. The van der Waals surface area contributed by atoms with Crippen molar-refractivity contribution in [2.75, 3.05) is 18.5 Å². The summed E-state index contributed by atoms with van der Waals surface area (Å²) in [7, 11) is 0. The van der Waals surface area contributed by atoms with E-state index >= 15 is 0 Å². The molecular formula is C23H25N3O2. The van der Waals surface area contributed by atoms with Crippen LogP contribution in [-0.2, 0) is 4.74 Å². The third kappa shape index (κ3) is 4.15. The van der Waals surface area contributed by atoms with Gasteiger partial charge < -0.3 is 15.4 Å². The van der Waals surface area contributed by atoms with Gasteiger partial charge in [-0.1, -0.05) is 24.3 Å². The molecule has 2 N–H and O–H groups in total. The first-order valence-corrected chi connectivity index (χ1v) is 9.73. The largest absolute Gasteiger partial charge is 0.376 e. The van der Waals surface area contributed by atoms with Gasteiger partial charge in [-0.3, -0.25) is 4.79 Å². The molecule has 2 aromatic carbocycles. The second kappa shape index (κ2) is 7.98. The van der Waals surface area contributed by atoms with Crippen molar-refractivity contribution >= 4 is 28.3 Å². The molecule has 1 aliphatic heterocycles. The number of para-hydroxylation sites is 1. The molecule has 0 saturated carbocycles. The standard InChI is InChI=1S/C23H25N3O2/c1-15-10-16(2)12-17(11-15)25-22-13-20(19-7-3-4-8-21(19)26-22)23(27)24-14-18-6-5-9-28-18/h3-4,7-8,10-13,18H,5-6,9,14H2,1-2H3,(H,24,27)(H,25,26). The van der Waals surface area contributed by atoms with Crippen LogP contribution in [0.15, 0.2) is 48.5 Å². The van der Waals surface area contributed by atoms with Crippen LogP contribution < -0.4 is 10.6 Å². The SMILES string of the molecule is Cc1cc(C)cc(Nc2cc(C(=O)NCC3CCCO3)c3ccccc3n2)c1. The van der Waals surface area contributed by atoms with Crippen LogP contribution in [0.2, 0.25) is 0 Å². The number of hydrogen-bond donors (Lipinski definition) is 2. The van der Waals surface area contributed by atoms with Gasteiger partial charge in [0.1, 0.15) is 5.82 Å². The summed E-state index contributed by atoms with van der Waals surface area (Å²) in [4.78, 5) is 17.6. The number of amides is 1. The Hall–Kier alpha value is -2.92. The molecule has 5 heteroatoms. The quantitative estimate of drug-likeness (QED) is 0.689. The average molecular weight is 375 g/mol. The lowest BCUT2D eigenvalue weighted by Gasteiger charge is -2.14. The smallest absolute Gasteiger partial charge is 0.252 e. The van der Waals surface area contributed by atoms with Crippen molar-refractivity contribution in [2.24, 2.45) is 0 Å². The lowest BCUT2D eigenvalue weighted by Crippen LogP contribution is -2.32. The van der Waals surface area contributed by atoms with E-state index in [0.29, 0.717) is 17.9 Å². The summed E-state index contributed by atoms with van der Waals surface area (Å²) in [5, 5.41) is 7.22. The molecule has 0 spiro atoms. The van der Waals surface area contributed by atoms with Gasteiger partial charge in [-0.15, -0.1) is 0 Å². The topological polar surface area (TPSA) is 63.2 Å². The van der Waals surface area contributed by atoms with Gasteiger partial charge >= 0.3 is 0 Å². The lowest BCUT2D eigenvalue weighted by atomic mass is 10.1. The van der Waals surface area contributed by atoms with Crippen LogP contribution >= 0.6 is 0 Å². The molecule has 1 unspecified atom stereocenters. The molecule has 1 aromatic heterocycles. The van der Waals surface area contributed by atoms with E-state index in [2.05, 4.69) is 42.7 Å². The van der Waals surface area contributed by atoms with Gasteiger partial charge in [-0.05, 0) is 62.1 Å². The number of nitrogens with zero attached hydrogens (tertiary/aromatic N) is 1. The number of carbonyl (C=O) groups excluding carboxylic acids is 1. The molecule has 1 amide bonds. The Labute approximate surface area is 165 Å². The fourth-order valence-corrected chi connectivity index (χ4v) is 3.73. The van der Waals surface area contributed by atoms with Crippen molar-refractivity contribution in [1.82, 2.24) is 10.3 Å². The maximum atomic E-state index is 12.9. The van der Waals surface area contributed by atoms with E-state index in [1.165, 1.54) is 11.1 Å². The molecule has 1 aliphatic rings. The van der Waals surface area contributed by atoms with Gasteiger partial charge in [0, 0.05) is 24.2 Å². The number of hydrogen-bond acceptors (Lipinski definition) is 4. The van der Waals surface area contributed by atoms with Gasteiger partial charge in [0.15, 0.2) is 0 Å². The number of fused-ring (bicyclic) bond motifs is 1. The zero-order valence-electron chi connectivity index (χ0n) is 16.3. The molecule has 0 radical (unpaired) electrons. The first-order chi connectivity index (χ1) is 13.6. The van der Waals surface area contributed by atoms with E-state index < -0.39 is 0 Å². The fourth-order valence-electron chi connectivity index (χ4n) is 3.73. The van der Waals surface area contributed by atoms with Crippen LogP contribution in [0, 0.1) is 13.8 Å². The molecule has 4 rings (SSSR count). The maximum Gasteiger partial charge on any atom is 0.252 e. The Bertz CT molecular complexity index is 990. The van der Waals surface area contributed by atoms with Crippen molar-refractivity contribution in [2.45, 2.75) is 32.8 Å². The lowest BCUT2D eigenvalue weighted by molar-refractivity contribution is 0.0859. The summed E-state index contributed by atoms with van der Waals surface area (Å²) >= 11 is 0. The first kappa shape index (κ1) is 18.4. The van der Waals surface area contributed by atoms with Crippen molar-refractivity contribution in [3.05, 3.63) is 65.2 Å². The van der Waals surface area contributed by atoms with E-state index in [-0.39, 0.29) is 12.0 Å². The number of aromatic nitrogens is 1. The number of ether oxygens (including phenoxy) is 1. The molecule has 2 heterocycles. The monoisotopic (exact) mass is 375 g/mol. The minimum absolute atomic E-state index is 0.0995. The summed E-state index contributed by atoms with van der Waals surface area (Å²) in [5.74, 6) is 0.559. The van der Waals surface area contributed by atoms with Crippen LogP contribution in [-0.4, -0.2) is 30.1 Å². The minimum atomic E-state index is -0.0995. The summed E-state index contributed by atoms with van der Waals surface area (Å²) in [6, 6.07) is 15.8. The number of aryl methyl sites for hydroxylation is 2. The summed E-state index contributed by atoms with van der Waals surface area (Å²) in [6.07, 6.45) is 2.17. The molecule has 0 aliphatic carbocycles. The molecule has 28 heavy (non-hydrogen) atoms. The van der Waals surface area contributed by atoms with E-state index in [4.69, 9.17) is 9.72 Å². The highest BCUT2D eigenvalue weighted by atomic mass is 16.5. The van der Waals surface area contributed by atoms with Crippen molar-refractivity contribution < 1.29 is 9.53 Å². The molecule has 1 atom stereocenters. The van der Waals surface area contributed by atoms with Gasteiger partial charge in [0.05, 0.1) is 17.2 Å². The zero-order chi connectivity index (χ0) is 19.5. The van der Waals surface area contributed by atoms with Crippen molar-refractivity contribution in [1.29, 1.82) is 0 Å². The van der Waals surface area contributed by atoms with Crippen molar-refractivity contribution in [3.8, 4) is 0 Å². The predicted molar refractivity (Wildman–Crippen MR) is 112 cm³/mol. The fraction of sp³-hybridized carbons (Fsp3) is 0.304. The van der Waals surface area contributed by atoms with Gasteiger partial charge in [0.2, 0.25) is 0 Å². The number of carbonyl (C=O) groups is 1. The molecule has 3 aromatic rings. The third-order valence-electron chi connectivity index (χ3n) is 4.97. The van der Waals surface area contributed by atoms with E-state index in [1.54, 1.807) is 0 Å². The highest BCUT2D eigenvalue weighted by Gasteiger charge is 2.18. The van der Waals surface area contributed by atoms with Gasteiger partial charge in [0.25, 0.3) is 5.91 Å². The second-order valence-corrected chi connectivity index (χ2v) is 7.42. The number of anilines is 2. The highest BCUT2D eigenvalue weighted by molar-refractivity contribution is 6.07. The van der Waals surface area contributed by atoms with Crippen LogP contribution in [0.3, 0.4) is 0 Å². The third-order valence-corrected chi connectivity index (χ3v) is 4.97. The van der Waals surface area contributed by atoms with Crippen LogP contribution in [0.1, 0.15) is 34.3 Å². The number of nitrogens with one attached hydrogen (secondary N) is 2. The van der Waals surface area contributed by atoms with Crippen molar-refractivity contribution in [3.63, 3.8) is 0 Å². The average Bonchev–Trinajstić information content (AvgIpc) is 3.18. The van der Waals surface area contributed by atoms with Gasteiger partial charge in [-0.2, -0.15) is 0 Å². The Kier molecular flexibility index (Phi) is 5.26. The zero-order valence-corrected chi connectivity index (χ0v) is 16.3. The Morgan fingerprint density at radius 1 is 1.14 bits per heavy atom. The molecule has 0 bridgehead atoms.